The number of hydrogen-bond donors (Lipinski definition) is 0. The van der Waals surface area contributed by atoms with E-state index in [2.05, 4.69) is 32.7 Å². The van der Waals surface area contributed by atoms with Crippen LogP contribution in [0, 0.1) is 13.8 Å². The number of nitrogens with zero attached hydrogens (tertiary/aromatic N) is 4. The van der Waals surface area contributed by atoms with Crippen molar-refractivity contribution >= 4 is 11.8 Å². The number of thioether (sulfide) groups is 1. The van der Waals surface area contributed by atoms with Crippen LogP contribution in [-0.4, -0.2) is 25.5 Å². The monoisotopic (exact) mass is 276 g/mol. The fourth-order valence-electron chi connectivity index (χ4n) is 1.91. The van der Waals surface area contributed by atoms with Crippen molar-refractivity contribution in [3.63, 3.8) is 0 Å². The van der Waals surface area contributed by atoms with Gasteiger partial charge in [0.05, 0.1) is 0 Å². The second kappa shape index (κ2) is 6.19. The van der Waals surface area contributed by atoms with Gasteiger partial charge in [-0.1, -0.05) is 25.1 Å². The van der Waals surface area contributed by atoms with Gasteiger partial charge in [0.15, 0.2) is 11.0 Å². The Kier molecular flexibility index (Phi) is 4.58. The lowest BCUT2D eigenvalue weighted by molar-refractivity contribution is 0.789. The van der Waals surface area contributed by atoms with Crippen molar-refractivity contribution in [2.45, 2.75) is 38.8 Å². The summed E-state index contributed by atoms with van der Waals surface area (Å²) in [5.41, 5.74) is 3.09. The predicted octanol–water partition coefficient (Wildman–Crippen LogP) is 3.39. The maximum atomic E-state index is 4.49. The van der Waals surface area contributed by atoms with Crippen LogP contribution in [-0.2, 0) is 7.05 Å². The van der Waals surface area contributed by atoms with Gasteiger partial charge in [-0.15, -0.1) is 10.2 Å². The molecule has 2 aromatic heterocycles. The fourth-order valence-corrected chi connectivity index (χ4v) is 2.90. The lowest BCUT2D eigenvalue weighted by atomic mass is 10.2. The highest BCUT2D eigenvalue weighted by atomic mass is 32.2. The molecule has 2 heterocycles. The van der Waals surface area contributed by atoms with Crippen LogP contribution in [0.4, 0.5) is 0 Å². The zero-order valence-corrected chi connectivity index (χ0v) is 12.8. The number of rotatable bonds is 5. The highest BCUT2D eigenvalue weighted by Crippen LogP contribution is 2.24. The predicted molar refractivity (Wildman–Crippen MR) is 79.3 cm³/mol. The molecule has 0 amide bonds. The molecule has 0 atom stereocenters. The first kappa shape index (κ1) is 14.1. The van der Waals surface area contributed by atoms with Crippen molar-refractivity contribution in [3.8, 4) is 11.4 Å². The van der Waals surface area contributed by atoms with E-state index in [9.17, 15) is 0 Å². The summed E-state index contributed by atoms with van der Waals surface area (Å²) in [4.78, 5) is 4.49. The Hall–Kier alpha value is -1.36. The Morgan fingerprint density at radius 3 is 2.68 bits per heavy atom. The molecule has 0 unspecified atom stereocenters. The maximum Gasteiger partial charge on any atom is 0.191 e. The fraction of sp³-hybridized carbons (Fsp3) is 0.500. The van der Waals surface area contributed by atoms with Crippen molar-refractivity contribution in [1.29, 1.82) is 0 Å². The minimum absolute atomic E-state index is 0.893. The topological polar surface area (TPSA) is 43.6 Å². The summed E-state index contributed by atoms with van der Waals surface area (Å²) in [6.07, 6.45) is 2.41. The minimum Gasteiger partial charge on any atom is -0.305 e. The quantitative estimate of drug-likeness (QED) is 0.620. The van der Waals surface area contributed by atoms with Gasteiger partial charge in [0.1, 0.15) is 0 Å². The maximum absolute atomic E-state index is 4.49. The summed E-state index contributed by atoms with van der Waals surface area (Å²) >= 11 is 1.77. The Morgan fingerprint density at radius 1 is 1.21 bits per heavy atom. The van der Waals surface area contributed by atoms with Gasteiger partial charge in [0, 0.05) is 29.8 Å². The molecule has 0 radical (unpaired) electrons. The van der Waals surface area contributed by atoms with Crippen molar-refractivity contribution in [3.05, 3.63) is 23.5 Å². The molecule has 0 saturated carbocycles. The highest BCUT2D eigenvalue weighted by Gasteiger charge is 2.13. The summed E-state index contributed by atoms with van der Waals surface area (Å²) in [5.74, 6) is 1.98. The van der Waals surface area contributed by atoms with Crippen molar-refractivity contribution in [2.75, 3.05) is 5.75 Å². The second-order valence-corrected chi connectivity index (χ2v) is 5.71. The summed E-state index contributed by atoms with van der Waals surface area (Å²) in [7, 11) is 2.02. The van der Waals surface area contributed by atoms with E-state index in [1.165, 1.54) is 12.8 Å². The van der Waals surface area contributed by atoms with Crippen molar-refractivity contribution in [2.24, 2.45) is 7.05 Å². The third-order valence-corrected chi connectivity index (χ3v) is 4.14. The smallest absolute Gasteiger partial charge is 0.191 e. The van der Waals surface area contributed by atoms with Gasteiger partial charge in [-0.25, -0.2) is 0 Å². The Balaban J connectivity index is 2.26. The lowest BCUT2D eigenvalue weighted by Crippen LogP contribution is -1.98. The van der Waals surface area contributed by atoms with E-state index in [4.69, 9.17) is 0 Å². The summed E-state index contributed by atoms with van der Waals surface area (Å²) < 4.78 is 2.06. The molecular formula is C14H20N4S. The molecule has 0 fully saturated rings. The Bertz CT molecular complexity index is 563. The molecule has 2 rings (SSSR count). The average Bonchev–Trinajstić information content (AvgIpc) is 2.72. The van der Waals surface area contributed by atoms with E-state index in [0.717, 1.165) is 33.7 Å². The van der Waals surface area contributed by atoms with Crippen LogP contribution in [0.15, 0.2) is 17.3 Å². The van der Waals surface area contributed by atoms with Gasteiger partial charge < -0.3 is 4.57 Å². The van der Waals surface area contributed by atoms with Crippen LogP contribution in [0.2, 0.25) is 0 Å². The third-order valence-electron chi connectivity index (χ3n) is 3.03. The normalized spacial score (nSPS) is 10.9. The van der Waals surface area contributed by atoms with Crippen LogP contribution < -0.4 is 0 Å². The molecule has 102 valence electrons. The molecule has 0 aliphatic rings. The van der Waals surface area contributed by atoms with Gasteiger partial charge in [0.2, 0.25) is 0 Å². The number of pyridine rings is 1. The molecule has 5 heteroatoms. The summed E-state index contributed by atoms with van der Waals surface area (Å²) in [5, 5.41) is 9.56. The molecule has 0 saturated heterocycles. The van der Waals surface area contributed by atoms with E-state index in [1.54, 1.807) is 11.8 Å². The van der Waals surface area contributed by atoms with Gasteiger partial charge in [-0.3, -0.25) is 4.98 Å². The van der Waals surface area contributed by atoms with E-state index in [0.29, 0.717) is 0 Å². The molecule has 2 aromatic rings. The van der Waals surface area contributed by atoms with Gasteiger partial charge in [-0.05, 0) is 32.4 Å². The van der Waals surface area contributed by atoms with E-state index >= 15 is 0 Å². The van der Waals surface area contributed by atoms with Gasteiger partial charge >= 0.3 is 0 Å². The third kappa shape index (κ3) is 3.15. The zero-order valence-electron chi connectivity index (χ0n) is 12.0. The Labute approximate surface area is 118 Å². The first-order valence-corrected chi connectivity index (χ1v) is 7.59. The molecule has 0 N–H and O–H groups in total. The Morgan fingerprint density at radius 2 is 2.00 bits per heavy atom. The molecule has 0 aliphatic carbocycles. The van der Waals surface area contributed by atoms with Crippen molar-refractivity contribution < 1.29 is 0 Å². The average molecular weight is 276 g/mol. The van der Waals surface area contributed by atoms with Crippen LogP contribution in [0.5, 0.6) is 0 Å². The number of aromatic nitrogens is 4. The first-order valence-electron chi connectivity index (χ1n) is 6.60. The second-order valence-electron chi connectivity index (χ2n) is 4.65. The van der Waals surface area contributed by atoms with Crippen molar-refractivity contribution in [1.82, 2.24) is 19.7 Å². The van der Waals surface area contributed by atoms with E-state index in [-0.39, 0.29) is 0 Å². The highest BCUT2D eigenvalue weighted by molar-refractivity contribution is 7.99. The molecular weight excluding hydrogens is 256 g/mol. The molecule has 0 aliphatic heterocycles. The molecule has 0 aromatic carbocycles. The minimum atomic E-state index is 0.893. The van der Waals surface area contributed by atoms with Crippen LogP contribution >= 0.6 is 11.8 Å². The van der Waals surface area contributed by atoms with Crippen LogP contribution in [0.3, 0.4) is 0 Å². The van der Waals surface area contributed by atoms with E-state index < -0.39 is 0 Å². The largest absolute Gasteiger partial charge is 0.305 e. The molecule has 19 heavy (non-hydrogen) atoms. The summed E-state index contributed by atoms with van der Waals surface area (Å²) in [6, 6.07) is 4.09. The summed E-state index contributed by atoms with van der Waals surface area (Å²) in [6.45, 7) is 6.21. The van der Waals surface area contributed by atoms with Crippen LogP contribution in [0.25, 0.3) is 11.4 Å². The lowest BCUT2D eigenvalue weighted by Gasteiger charge is -2.06. The number of hydrogen-bond acceptors (Lipinski definition) is 4. The van der Waals surface area contributed by atoms with E-state index in [1.807, 2.05) is 27.0 Å². The number of aryl methyl sites for hydroxylation is 2. The molecule has 4 nitrogen and oxygen atoms in total. The molecule has 0 bridgehead atoms. The first-order chi connectivity index (χ1) is 9.13. The van der Waals surface area contributed by atoms with Gasteiger partial charge in [0.25, 0.3) is 0 Å². The van der Waals surface area contributed by atoms with Gasteiger partial charge in [-0.2, -0.15) is 0 Å². The zero-order chi connectivity index (χ0) is 13.8. The molecule has 0 spiro atoms. The standard InChI is InChI=1S/C14H20N4S/c1-5-6-9-19-14-17-16-13(18(14)4)12-8-7-10(2)15-11(12)3/h7-8H,5-6,9H2,1-4H3. The number of unbranched alkanes of at least 4 members (excludes halogenated alkanes) is 1. The van der Waals surface area contributed by atoms with Crippen LogP contribution in [0.1, 0.15) is 31.2 Å². The SMILES string of the molecule is CCCCSc1nnc(-c2ccc(C)nc2C)n1C.